The summed E-state index contributed by atoms with van der Waals surface area (Å²) in [6.07, 6.45) is 2.26. The third kappa shape index (κ3) is 2.94. The fourth-order valence-electron chi connectivity index (χ4n) is 1.33. The average molecular weight is 218 g/mol. The van der Waals surface area contributed by atoms with Gasteiger partial charge in [0.1, 0.15) is 6.16 Å². The SMILES string of the molecule is C=CC1CC1(N)CNC(=O)C[PH](=O)O. The molecule has 80 valence electrons. The summed E-state index contributed by atoms with van der Waals surface area (Å²) >= 11 is 0. The van der Waals surface area contributed by atoms with E-state index in [1.165, 1.54) is 0 Å². The van der Waals surface area contributed by atoms with Crippen LogP contribution < -0.4 is 11.1 Å². The number of amides is 1. The predicted octanol–water partition coefficient (Wildman–Crippen LogP) is -0.527. The molecular weight excluding hydrogens is 203 g/mol. The number of hydrogen-bond donors (Lipinski definition) is 3. The Morgan fingerprint density at radius 1 is 1.86 bits per heavy atom. The lowest BCUT2D eigenvalue weighted by molar-refractivity contribution is -0.118. The van der Waals surface area contributed by atoms with Crippen LogP contribution in [0.2, 0.25) is 0 Å². The molecule has 4 N–H and O–H groups in total. The summed E-state index contributed by atoms with van der Waals surface area (Å²) in [5, 5.41) is 2.53. The van der Waals surface area contributed by atoms with Gasteiger partial charge in [-0.15, -0.1) is 6.58 Å². The Hall–Kier alpha value is -0.640. The molecule has 1 rings (SSSR count). The highest BCUT2D eigenvalue weighted by Crippen LogP contribution is 2.41. The first-order valence-electron chi connectivity index (χ1n) is 4.38. The molecule has 0 aliphatic heterocycles. The van der Waals surface area contributed by atoms with Crippen molar-refractivity contribution in [2.75, 3.05) is 12.7 Å². The highest BCUT2D eigenvalue weighted by Gasteiger charge is 2.48. The Morgan fingerprint density at radius 3 is 2.93 bits per heavy atom. The van der Waals surface area contributed by atoms with E-state index in [4.69, 9.17) is 10.6 Å². The largest absolute Gasteiger partial charge is 0.354 e. The maximum Gasteiger partial charge on any atom is 0.229 e. The summed E-state index contributed by atoms with van der Waals surface area (Å²) in [5.74, 6) is -0.176. The van der Waals surface area contributed by atoms with E-state index in [1.54, 1.807) is 6.08 Å². The van der Waals surface area contributed by atoms with Crippen molar-refractivity contribution in [1.82, 2.24) is 5.32 Å². The second kappa shape index (κ2) is 4.26. The van der Waals surface area contributed by atoms with E-state index in [0.29, 0.717) is 6.54 Å². The van der Waals surface area contributed by atoms with Crippen molar-refractivity contribution in [3.63, 3.8) is 0 Å². The van der Waals surface area contributed by atoms with Crippen molar-refractivity contribution in [3.05, 3.63) is 12.7 Å². The predicted molar refractivity (Wildman–Crippen MR) is 54.3 cm³/mol. The van der Waals surface area contributed by atoms with Crippen LogP contribution in [0.1, 0.15) is 6.42 Å². The highest BCUT2D eigenvalue weighted by atomic mass is 31.1. The molecule has 1 aliphatic carbocycles. The van der Waals surface area contributed by atoms with Crippen molar-refractivity contribution >= 4 is 13.9 Å². The molecule has 1 saturated carbocycles. The normalized spacial score (nSPS) is 32.0. The molecule has 0 heterocycles. The number of nitrogens with one attached hydrogen (secondary N) is 1. The quantitative estimate of drug-likeness (QED) is 0.427. The molecule has 5 nitrogen and oxygen atoms in total. The standard InChI is InChI=1S/C8H15N2O3P/c1-2-6-3-8(6,9)5-10-7(11)4-14(12)13/h2,6,14H,1,3-5,9H2,(H,10,11)(H,12,13). The summed E-state index contributed by atoms with van der Waals surface area (Å²) in [6.45, 7) is 3.96. The second-order valence-electron chi connectivity index (χ2n) is 3.63. The van der Waals surface area contributed by atoms with Gasteiger partial charge in [-0.1, -0.05) is 6.08 Å². The smallest absolute Gasteiger partial charge is 0.229 e. The summed E-state index contributed by atoms with van der Waals surface area (Å²) in [5.41, 5.74) is 5.48. The van der Waals surface area contributed by atoms with Crippen LogP contribution in [-0.4, -0.2) is 29.0 Å². The summed E-state index contributed by atoms with van der Waals surface area (Å²) in [6, 6.07) is 0. The van der Waals surface area contributed by atoms with Crippen molar-refractivity contribution in [1.29, 1.82) is 0 Å². The monoisotopic (exact) mass is 218 g/mol. The number of carbonyl (C=O) groups excluding carboxylic acids is 1. The highest BCUT2D eigenvalue weighted by molar-refractivity contribution is 7.39. The van der Waals surface area contributed by atoms with Gasteiger partial charge in [0.05, 0.1) is 0 Å². The lowest BCUT2D eigenvalue weighted by atomic mass is 10.2. The summed E-state index contributed by atoms with van der Waals surface area (Å²) < 4.78 is 10.3. The van der Waals surface area contributed by atoms with Gasteiger partial charge in [0.15, 0.2) is 8.03 Å². The third-order valence-corrected chi connectivity index (χ3v) is 3.01. The molecule has 0 radical (unpaired) electrons. The molecule has 0 aromatic rings. The first-order valence-corrected chi connectivity index (χ1v) is 5.94. The van der Waals surface area contributed by atoms with Crippen LogP contribution >= 0.6 is 8.03 Å². The molecule has 1 fully saturated rings. The van der Waals surface area contributed by atoms with Gasteiger partial charge in [-0.2, -0.15) is 0 Å². The summed E-state index contributed by atoms with van der Waals surface area (Å²) in [7, 11) is -2.72. The van der Waals surface area contributed by atoms with Gasteiger partial charge in [-0.3, -0.25) is 9.36 Å². The van der Waals surface area contributed by atoms with Gasteiger partial charge in [-0.05, 0) is 12.3 Å². The minimum absolute atomic E-state index is 0.244. The minimum Gasteiger partial charge on any atom is -0.354 e. The van der Waals surface area contributed by atoms with E-state index in [0.717, 1.165) is 6.42 Å². The molecule has 3 atom stereocenters. The van der Waals surface area contributed by atoms with E-state index in [-0.39, 0.29) is 17.6 Å². The summed E-state index contributed by atoms with van der Waals surface area (Å²) in [4.78, 5) is 19.5. The zero-order valence-corrected chi connectivity index (χ0v) is 8.82. The first-order chi connectivity index (χ1) is 6.48. The average Bonchev–Trinajstić information content (AvgIpc) is 2.74. The molecule has 14 heavy (non-hydrogen) atoms. The zero-order valence-electron chi connectivity index (χ0n) is 7.82. The van der Waals surface area contributed by atoms with Crippen LogP contribution in [0.25, 0.3) is 0 Å². The van der Waals surface area contributed by atoms with Crippen LogP contribution in [0.4, 0.5) is 0 Å². The van der Waals surface area contributed by atoms with Crippen LogP contribution in [0.3, 0.4) is 0 Å². The van der Waals surface area contributed by atoms with E-state index in [2.05, 4.69) is 11.9 Å². The van der Waals surface area contributed by atoms with E-state index in [1.807, 2.05) is 0 Å². The Labute approximate surface area is 83.2 Å². The Kier molecular flexibility index (Phi) is 3.48. The van der Waals surface area contributed by atoms with E-state index in [9.17, 15) is 9.36 Å². The Morgan fingerprint density at radius 2 is 2.50 bits per heavy atom. The number of nitrogens with two attached hydrogens (primary N) is 1. The van der Waals surface area contributed by atoms with Crippen molar-refractivity contribution in [2.24, 2.45) is 11.7 Å². The molecule has 3 unspecified atom stereocenters. The van der Waals surface area contributed by atoms with Gasteiger partial charge in [0.2, 0.25) is 5.91 Å². The first kappa shape index (κ1) is 11.4. The van der Waals surface area contributed by atoms with Crippen LogP contribution in [0.15, 0.2) is 12.7 Å². The lowest BCUT2D eigenvalue weighted by Crippen LogP contribution is -2.41. The number of carbonyl (C=O) groups is 1. The zero-order chi connectivity index (χ0) is 10.8. The lowest BCUT2D eigenvalue weighted by Gasteiger charge is -2.10. The van der Waals surface area contributed by atoms with Crippen LogP contribution in [-0.2, 0) is 9.36 Å². The fraction of sp³-hybridized carbons (Fsp3) is 0.625. The molecule has 1 amide bonds. The van der Waals surface area contributed by atoms with Crippen molar-refractivity contribution in [3.8, 4) is 0 Å². The second-order valence-corrected chi connectivity index (χ2v) is 4.77. The number of rotatable bonds is 5. The van der Waals surface area contributed by atoms with Crippen molar-refractivity contribution < 1.29 is 14.3 Å². The van der Waals surface area contributed by atoms with Crippen molar-refractivity contribution in [2.45, 2.75) is 12.0 Å². The van der Waals surface area contributed by atoms with Gasteiger partial charge < -0.3 is 15.9 Å². The third-order valence-electron chi connectivity index (χ3n) is 2.39. The maximum absolute atomic E-state index is 11.0. The Bertz CT molecular complexity index is 282. The molecule has 1 aliphatic rings. The fourth-order valence-corrected chi connectivity index (χ4v) is 1.73. The van der Waals surface area contributed by atoms with Gasteiger partial charge in [-0.25, -0.2) is 0 Å². The minimum atomic E-state index is -2.72. The van der Waals surface area contributed by atoms with Gasteiger partial charge in [0, 0.05) is 12.1 Å². The Balaban J connectivity index is 2.25. The molecule has 0 saturated heterocycles. The maximum atomic E-state index is 11.0. The van der Waals surface area contributed by atoms with Gasteiger partial charge >= 0.3 is 0 Å². The molecule has 0 spiro atoms. The molecular formula is C8H15N2O3P. The van der Waals surface area contributed by atoms with Crippen LogP contribution in [0.5, 0.6) is 0 Å². The number of hydrogen-bond acceptors (Lipinski definition) is 3. The van der Waals surface area contributed by atoms with Crippen LogP contribution in [0, 0.1) is 5.92 Å². The molecule has 0 aromatic carbocycles. The molecule has 0 bridgehead atoms. The molecule has 0 aromatic heterocycles. The van der Waals surface area contributed by atoms with Gasteiger partial charge in [0.25, 0.3) is 0 Å². The van der Waals surface area contributed by atoms with E-state index < -0.39 is 13.9 Å². The van der Waals surface area contributed by atoms with E-state index >= 15 is 0 Å². The topological polar surface area (TPSA) is 92.4 Å². The molecule has 6 heteroatoms.